The Labute approximate surface area is 50.0 Å². The largest absolute Gasteiger partial charge is 0.517 e. The Morgan fingerprint density at radius 1 is 1.71 bits per heavy atom. The fourth-order valence-electron chi connectivity index (χ4n) is 0. The van der Waals surface area contributed by atoms with E-state index in [1.54, 1.807) is 0 Å². The molecule has 0 atom stereocenters. The minimum Gasteiger partial charge on any atom is -0.449 e. The Morgan fingerprint density at radius 3 is 1.86 bits per heavy atom. The van der Waals surface area contributed by atoms with E-state index in [9.17, 15) is 0 Å². The van der Waals surface area contributed by atoms with Crippen molar-refractivity contribution in [3.05, 3.63) is 13.2 Å². The Balaban J connectivity index is 0. The molecule has 0 saturated heterocycles. The van der Waals surface area contributed by atoms with E-state index in [2.05, 4.69) is 33.2 Å². The van der Waals surface area contributed by atoms with Gasteiger partial charge in [0.2, 0.25) is 0 Å². The van der Waals surface area contributed by atoms with Crippen molar-refractivity contribution in [2.75, 3.05) is 0 Å². The highest BCUT2D eigenvalue weighted by molar-refractivity contribution is 9.06. The van der Waals surface area contributed by atoms with E-state index in [0.717, 1.165) is 0 Å². The summed E-state index contributed by atoms with van der Waals surface area (Å²) in [7, 11) is 0. The van der Waals surface area contributed by atoms with Crippen molar-refractivity contribution in [2.24, 2.45) is 0 Å². The maximum Gasteiger partial charge on any atom is 0.517 e. The quantitative estimate of drug-likeness (QED) is 0.562. The molecule has 4 heteroatoms. The zero-order chi connectivity index (χ0) is 6.28. The summed E-state index contributed by atoms with van der Waals surface area (Å²) in [4.78, 5) is 9.10. The first kappa shape index (κ1) is 9.70. The second-order valence-electron chi connectivity index (χ2n) is 0.343. The molecule has 0 aromatic carbocycles. The minimum atomic E-state index is -1.33. The predicted octanol–water partition coefficient (Wildman–Crippen LogP) is 1.79. The standard InChI is InChI=1S/C2H4.CHBrO3/c1-2;2-5-1(3)4/h1-2H2;(H,3,4). The summed E-state index contributed by atoms with van der Waals surface area (Å²) >= 11 is 2.21. The van der Waals surface area contributed by atoms with Gasteiger partial charge in [-0.1, -0.05) is 0 Å². The first-order valence-corrected chi connectivity index (χ1v) is 1.93. The molecule has 0 aromatic rings. The van der Waals surface area contributed by atoms with Crippen LogP contribution in [-0.2, 0) is 3.83 Å². The number of hydrogen-bond acceptors (Lipinski definition) is 2. The predicted molar refractivity (Wildman–Crippen MR) is 29.3 cm³/mol. The van der Waals surface area contributed by atoms with Crippen molar-refractivity contribution in [1.29, 1.82) is 0 Å². The van der Waals surface area contributed by atoms with Gasteiger partial charge in [0.05, 0.1) is 0 Å². The van der Waals surface area contributed by atoms with E-state index in [4.69, 9.17) is 9.90 Å². The lowest BCUT2D eigenvalue weighted by Gasteiger charge is -1.74. The molecule has 42 valence electrons. The number of carbonyl (C=O) groups is 1. The monoisotopic (exact) mass is 168 g/mol. The van der Waals surface area contributed by atoms with Crippen molar-refractivity contribution in [1.82, 2.24) is 0 Å². The maximum atomic E-state index is 9.10. The van der Waals surface area contributed by atoms with Crippen LogP contribution in [0.3, 0.4) is 0 Å². The normalized spacial score (nSPS) is 5.29. The van der Waals surface area contributed by atoms with E-state index >= 15 is 0 Å². The summed E-state index contributed by atoms with van der Waals surface area (Å²) in [5.74, 6) is 0. The summed E-state index contributed by atoms with van der Waals surface area (Å²) < 4.78 is 3.48. The lowest BCUT2D eigenvalue weighted by atomic mass is 11.3. The smallest absolute Gasteiger partial charge is 0.449 e. The molecule has 0 unspecified atom stereocenters. The maximum absolute atomic E-state index is 9.10. The molecule has 7 heavy (non-hydrogen) atoms. The van der Waals surface area contributed by atoms with Crippen LogP contribution in [0, 0.1) is 0 Å². The van der Waals surface area contributed by atoms with Crippen LogP contribution in [0.4, 0.5) is 4.79 Å². The van der Waals surface area contributed by atoms with Crippen LogP contribution < -0.4 is 0 Å². The summed E-state index contributed by atoms with van der Waals surface area (Å²) in [6.45, 7) is 6.00. The van der Waals surface area contributed by atoms with Crippen LogP contribution in [0.5, 0.6) is 0 Å². The molecule has 0 rings (SSSR count). The fraction of sp³-hybridized carbons (Fsp3) is 0. The van der Waals surface area contributed by atoms with E-state index < -0.39 is 6.16 Å². The summed E-state index contributed by atoms with van der Waals surface area (Å²) in [6, 6.07) is 0. The topological polar surface area (TPSA) is 46.5 Å². The van der Waals surface area contributed by atoms with E-state index in [-0.39, 0.29) is 0 Å². The summed E-state index contributed by atoms with van der Waals surface area (Å²) in [5, 5.41) is 7.45. The first-order valence-electron chi connectivity index (χ1n) is 1.29. The fourth-order valence-corrected chi connectivity index (χ4v) is 0. The molecular weight excluding hydrogens is 164 g/mol. The molecule has 0 aliphatic rings. The number of halogens is 1. The molecule has 3 nitrogen and oxygen atoms in total. The Kier molecular flexibility index (Phi) is 12.6. The lowest BCUT2D eigenvalue weighted by Crippen LogP contribution is -1.85. The van der Waals surface area contributed by atoms with Gasteiger partial charge in [0.25, 0.3) is 0 Å². The van der Waals surface area contributed by atoms with Gasteiger partial charge < -0.3 is 8.93 Å². The molecule has 0 radical (unpaired) electrons. The van der Waals surface area contributed by atoms with E-state index in [1.807, 2.05) is 0 Å². The van der Waals surface area contributed by atoms with Crippen molar-refractivity contribution in [2.45, 2.75) is 0 Å². The third-order valence-electron chi connectivity index (χ3n) is 0.0660. The minimum absolute atomic E-state index is 1.33. The molecular formula is C3H5BrO3. The SMILES string of the molecule is C=C.O=C(O)OBr. The molecule has 0 spiro atoms. The lowest BCUT2D eigenvalue weighted by molar-refractivity contribution is 0.156. The third kappa shape index (κ3) is 30.1. The van der Waals surface area contributed by atoms with Crippen molar-refractivity contribution < 1.29 is 13.7 Å². The summed E-state index contributed by atoms with van der Waals surface area (Å²) in [6.07, 6.45) is -1.33. The Hall–Kier alpha value is -0.510. The van der Waals surface area contributed by atoms with Crippen LogP contribution in [-0.4, -0.2) is 11.3 Å². The second-order valence-corrected chi connectivity index (χ2v) is 0.667. The van der Waals surface area contributed by atoms with Gasteiger partial charge in [-0.2, -0.15) is 0 Å². The molecule has 0 saturated carbocycles. The van der Waals surface area contributed by atoms with Crippen LogP contribution >= 0.6 is 16.3 Å². The van der Waals surface area contributed by atoms with Crippen molar-refractivity contribution in [3.8, 4) is 0 Å². The van der Waals surface area contributed by atoms with Gasteiger partial charge >= 0.3 is 6.16 Å². The van der Waals surface area contributed by atoms with Crippen LogP contribution in [0.1, 0.15) is 0 Å². The molecule has 0 fully saturated rings. The van der Waals surface area contributed by atoms with E-state index in [1.165, 1.54) is 0 Å². The van der Waals surface area contributed by atoms with E-state index in [0.29, 0.717) is 0 Å². The van der Waals surface area contributed by atoms with Gasteiger partial charge in [0, 0.05) is 0 Å². The van der Waals surface area contributed by atoms with Crippen LogP contribution in [0.2, 0.25) is 0 Å². The third-order valence-corrected chi connectivity index (χ3v) is 0.343. The zero-order valence-corrected chi connectivity index (χ0v) is 5.14. The average Bonchev–Trinajstić information content (AvgIpc) is 1.73. The molecule has 0 aliphatic carbocycles. The Bertz CT molecular complexity index is 54.1. The average molecular weight is 169 g/mol. The van der Waals surface area contributed by atoms with Gasteiger partial charge in [-0.15, -0.1) is 13.2 Å². The van der Waals surface area contributed by atoms with Gasteiger partial charge in [-0.25, -0.2) is 4.79 Å². The highest BCUT2D eigenvalue weighted by Crippen LogP contribution is 1.80. The van der Waals surface area contributed by atoms with Gasteiger partial charge in [-0.3, -0.25) is 0 Å². The van der Waals surface area contributed by atoms with Gasteiger partial charge in [0.15, 0.2) is 16.3 Å². The zero-order valence-electron chi connectivity index (χ0n) is 3.56. The number of rotatable bonds is 0. The molecule has 1 N–H and O–H groups in total. The molecule has 0 heterocycles. The number of hydrogen-bond donors (Lipinski definition) is 1. The molecule has 0 aliphatic heterocycles. The van der Waals surface area contributed by atoms with Crippen LogP contribution in [0.15, 0.2) is 13.2 Å². The van der Waals surface area contributed by atoms with Gasteiger partial charge in [0.1, 0.15) is 0 Å². The van der Waals surface area contributed by atoms with Crippen molar-refractivity contribution >= 4 is 22.4 Å². The number of carboxylic acid groups (broad SMARTS) is 1. The Morgan fingerprint density at radius 2 is 1.86 bits per heavy atom. The van der Waals surface area contributed by atoms with Crippen LogP contribution in [0.25, 0.3) is 0 Å². The molecule has 0 bridgehead atoms. The van der Waals surface area contributed by atoms with Gasteiger partial charge in [-0.05, 0) is 0 Å². The highest BCUT2D eigenvalue weighted by atomic mass is 79.9. The second kappa shape index (κ2) is 9.09. The molecule has 0 aromatic heterocycles. The summed E-state index contributed by atoms with van der Waals surface area (Å²) in [5.41, 5.74) is 0. The highest BCUT2D eigenvalue weighted by Gasteiger charge is 1.84. The molecule has 0 amide bonds. The first-order chi connectivity index (χ1) is 3.27. The van der Waals surface area contributed by atoms with Crippen molar-refractivity contribution in [3.63, 3.8) is 0 Å².